The van der Waals surface area contributed by atoms with Crippen molar-refractivity contribution in [2.45, 2.75) is 44.9 Å². The summed E-state index contributed by atoms with van der Waals surface area (Å²) in [5.41, 5.74) is 2.78. The Hall–Kier alpha value is -2.67. The zero-order chi connectivity index (χ0) is 20.1. The standard InChI is InChI=1S/C22H25N5OS/c1-2-23-22-27-26-21(29-22)17-10-16(11-17)12-18-8-9-19(25-24-18)14-20(28)13-15-6-4-3-5-7-15/h3-9,16-17H,2,10-14H2,1H3,(H,23,27). The van der Waals surface area contributed by atoms with E-state index in [0.717, 1.165) is 52.9 Å². The van der Waals surface area contributed by atoms with Crippen LogP contribution in [0.1, 0.15) is 47.6 Å². The molecule has 0 amide bonds. The molecule has 1 N–H and O–H groups in total. The van der Waals surface area contributed by atoms with Crippen molar-refractivity contribution in [3.63, 3.8) is 0 Å². The first-order chi connectivity index (χ1) is 14.2. The summed E-state index contributed by atoms with van der Waals surface area (Å²) in [7, 11) is 0. The topological polar surface area (TPSA) is 80.7 Å². The summed E-state index contributed by atoms with van der Waals surface area (Å²) in [5, 5.41) is 22.4. The number of hydrogen-bond acceptors (Lipinski definition) is 7. The van der Waals surface area contributed by atoms with E-state index in [0.29, 0.717) is 24.7 Å². The predicted molar refractivity (Wildman–Crippen MR) is 114 cm³/mol. The van der Waals surface area contributed by atoms with E-state index in [4.69, 9.17) is 0 Å². The van der Waals surface area contributed by atoms with Gasteiger partial charge in [-0.05, 0) is 49.8 Å². The molecule has 1 aliphatic rings. The molecule has 1 saturated carbocycles. The van der Waals surface area contributed by atoms with Crippen molar-refractivity contribution in [2.75, 3.05) is 11.9 Å². The summed E-state index contributed by atoms with van der Waals surface area (Å²) < 4.78 is 0. The minimum Gasteiger partial charge on any atom is -0.360 e. The number of nitrogens with one attached hydrogen (secondary N) is 1. The van der Waals surface area contributed by atoms with Crippen LogP contribution < -0.4 is 5.32 Å². The smallest absolute Gasteiger partial charge is 0.205 e. The minimum atomic E-state index is 0.161. The Morgan fingerprint density at radius 3 is 2.48 bits per heavy atom. The van der Waals surface area contributed by atoms with Crippen molar-refractivity contribution in [3.8, 4) is 0 Å². The van der Waals surface area contributed by atoms with Gasteiger partial charge in [-0.3, -0.25) is 4.79 Å². The van der Waals surface area contributed by atoms with Gasteiger partial charge in [0.25, 0.3) is 0 Å². The number of anilines is 1. The lowest BCUT2D eigenvalue weighted by Crippen LogP contribution is -2.24. The fraction of sp³-hybridized carbons (Fsp3) is 0.409. The van der Waals surface area contributed by atoms with Crippen LogP contribution in [-0.2, 0) is 24.1 Å². The number of benzene rings is 1. The fourth-order valence-corrected chi connectivity index (χ4v) is 4.64. The molecule has 0 radical (unpaired) electrons. The minimum absolute atomic E-state index is 0.161. The lowest BCUT2D eigenvalue weighted by molar-refractivity contribution is -0.117. The summed E-state index contributed by atoms with van der Waals surface area (Å²) in [4.78, 5) is 12.2. The van der Waals surface area contributed by atoms with Gasteiger partial charge in [-0.25, -0.2) is 0 Å². The Kier molecular flexibility index (Phi) is 6.24. The molecule has 1 aliphatic carbocycles. The van der Waals surface area contributed by atoms with Gasteiger partial charge in [0.1, 0.15) is 10.8 Å². The molecule has 1 aromatic carbocycles. The second-order valence-corrected chi connectivity index (χ2v) is 8.62. The molecule has 7 heteroatoms. The number of carbonyl (C=O) groups excluding carboxylic acids is 1. The van der Waals surface area contributed by atoms with Gasteiger partial charge < -0.3 is 5.32 Å². The van der Waals surface area contributed by atoms with Crippen LogP contribution in [0.25, 0.3) is 0 Å². The summed E-state index contributed by atoms with van der Waals surface area (Å²) in [6, 6.07) is 13.8. The average molecular weight is 408 g/mol. The molecule has 3 aromatic rings. The third kappa shape index (κ3) is 5.23. The summed E-state index contributed by atoms with van der Waals surface area (Å²) >= 11 is 1.66. The molecular formula is C22H25N5OS. The van der Waals surface area contributed by atoms with Gasteiger partial charge in [0.2, 0.25) is 5.13 Å². The Balaban J connectivity index is 1.23. The summed E-state index contributed by atoms with van der Waals surface area (Å²) in [6.07, 6.45) is 3.95. The lowest BCUT2D eigenvalue weighted by atomic mass is 9.73. The van der Waals surface area contributed by atoms with Gasteiger partial charge >= 0.3 is 0 Å². The van der Waals surface area contributed by atoms with Crippen molar-refractivity contribution in [3.05, 3.63) is 64.4 Å². The Bertz CT molecular complexity index is 935. The maximum Gasteiger partial charge on any atom is 0.205 e. The zero-order valence-corrected chi connectivity index (χ0v) is 17.4. The molecule has 0 unspecified atom stereocenters. The highest BCUT2D eigenvalue weighted by atomic mass is 32.1. The van der Waals surface area contributed by atoms with E-state index in [2.05, 4.69) is 32.6 Å². The lowest BCUT2D eigenvalue weighted by Gasteiger charge is -2.33. The van der Waals surface area contributed by atoms with E-state index in [1.54, 1.807) is 11.3 Å². The van der Waals surface area contributed by atoms with E-state index in [-0.39, 0.29) is 5.78 Å². The monoisotopic (exact) mass is 407 g/mol. The SMILES string of the molecule is CCNc1nnc(C2CC(Cc3ccc(CC(=O)Cc4ccccc4)nn3)C2)s1. The Labute approximate surface area is 174 Å². The normalized spacial score (nSPS) is 18.2. The highest BCUT2D eigenvalue weighted by Crippen LogP contribution is 2.44. The highest BCUT2D eigenvalue weighted by molar-refractivity contribution is 7.15. The van der Waals surface area contributed by atoms with Gasteiger partial charge in [-0.15, -0.1) is 10.2 Å². The van der Waals surface area contributed by atoms with Crippen molar-refractivity contribution in [1.29, 1.82) is 0 Å². The average Bonchev–Trinajstić information content (AvgIpc) is 3.14. The first kappa shape index (κ1) is 19.6. The molecule has 0 saturated heterocycles. The quantitative estimate of drug-likeness (QED) is 0.580. The van der Waals surface area contributed by atoms with Crippen LogP contribution in [0.15, 0.2) is 42.5 Å². The maximum atomic E-state index is 12.2. The highest BCUT2D eigenvalue weighted by Gasteiger charge is 2.33. The first-order valence-electron chi connectivity index (χ1n) is 10.1. The Morgan fingerprint density at radius 2 is 1.76 bits per heavy atom. The second kappa shape index (κ2) is 9.22. The van der Waals surface area contributed by atoms with Crippen molar-refractivity contribution in [2.24, 2.45) is 5.92 Å². The fourth-order valence-electron chi connectivity index (χ4n) is 3.70. The van der Waals surface area contributed by atoms with Crippen LogP contribution in [0.5, 0.6) is 0 Å². The van der Waals surface area contributed by atoms with Crippen molar-refractivity contribution in [1.82, 2.24) is 20.4 Å². The van der Waals surface area contributed by atoms with Gasteiger partial charge in [0.15, 0.2) is 0 Å². The Morgan fingerprint density at radius 1 is 1.00 bits per heavy atom. The number of hydrogen-bond donors (Lipinski definition) is 1. The molecule has 0 aliphatic heterocycles. The molecule has 4 rings (SSSR count). The largest absolute Gasteiger partial charge is 0.360 e. The maximum absolute atomic E-state index is 12.2. The summed E-state index contributed by atoms with van der Waals surface area (Å²) in [6.45, 7) is 2.93. The third-order valence-electron chi connectivity index (χ3n) is 5.25. The van der Waals surface area contributed by atoms with E-state index in [1.807, 2.05) is 42.5 Å². The first-order valence-corrected chi connectivity index (χ1v) is 11.0. The number of Topliss-reactive ketones (excluding diaryl/α,β-unsaturated/α-hetero) is 1. The van der Waals surface area contributed by atoms with Gasteiger partial charge in [0, 0.05) is 18.9 Å². The molecule has 0 spiro atoms. The molecule has 6 nitrogen and oxygen atoms in total. The van der Waals surface area contributed by atoms with E-state index in [9.17, 15) is 4.79 Å². The molecule has 150 valence electrons. The van der Waals surface area contributed by atoms with E-state index < -0.39 is 0 Å². The zero-order valence-electron chi connectivity index (χ0n) is 16.5. The predicted octanol–water partition coefficient (Wildman–Crippen LogP) is 3.85. The van der Waals surface area contributed by atoms with Crippen LogP contribution >= 0.6 is 11.3 Å². The second-order valence-electron chi connectivity index (χ2n) is 7.61. The van der Waals surface area contributed by atoms with Gasteiger partial charge in [-0.1, -0.05) is 41.7 Å². The van der Waals surface area contributed by atoms with Gasteiger partial charge in [0.05, 0.1) is 17.8 Å². The number of aromatic nitrogens is 4. The molecule has 2 heterocycles. The molecule has 0 atom stereocenters. The third-order valence-corrected chi connectivity index (χ3v) is 6.29. The van der Waals surface area contributed by atoms with Crippen LogP contribution in [-0.4, -0.2) is 32.7 Å². The molecular weight excluding hydrogens is 382 g/mol. The van der Waals surface area contributed by atoms with Crippen LogP contribution in [0.3, 0.4) is 0 Å². The molecule has 29 heavy (non-hydrogen) atoms. The number of ketones is 1. The molecule has 2 aromatic heterocycles. The van der Waals surface area contributed by atoms with Crippen LogP contribution in [0, 0.1) is 5.92 Å². The van der Waals surface area contributed by atoms with Gasteiger partial charge in [-0.2, -0.15) is 10.2 Å². The number of carbonyl (C=O) groups is 1. The number of rotatable bonds is 9. The summed E-state index contributed by atoms with van der Waals surface area (Å²) in [5.74, 6) is 1.30. The number of nitrogens with zero attached hydrogens (tertiary/aromatic N) is 4. The molecule has 1 fully saturated rings. The molecule has 0 bridgehead atoms. The van der Waals surface area contributed by atoms with E-state index >= 15 is 0 Å². The van der Waals surface area contributed by atoms with Crippen LogP contribution in [0.2, 0.25) is 0 Å². The van der Waals surface area contributed by atoms with E-state index in [1.165, 1.54) is 0 Å². The van der Waals surface area contributed by atoms with Crippen LogP contribution in [0.4, 0.5) is 5.13 Å². The van der Waals surface area contributed by atoms with Crippen molar-refractivity contribution >= 4 is 22.3 Å². The van der Waals surface area contributed by atoms with Crippen molar-refractivity contribution < 1.29 is 4.79 Å².